The van der Waals surface area contributed by atoms with E-state index in [1.54, 1.807) is 6.33 Å². The van der Waals surface area contributed by atoms with Gasteiger partial charge < -0.3 is 10.3 Å². The van der Waals surface area contributed by atoms with Crippen molar-refractivity contribution in [3.8, 4) is 22.5 Å². The van der Waals surface area contributed by atoms with Crippen molar-refractivity contribution in [3.05, 3.63) is 96.8 Å². The van der Waals surface area contributed by atoms with Gasteiger partial charge in [0.2, 0.25) is 0 Å². The Morgan fingerprint density at radius 1 is 0.690 bits per heavy atom. The number of nitrogens with one attached hydrogen (secondary N) is 2. The molecule has 2 N–H and O–H groups in total. The largest absolute Gasteiger partial charge is 0.364 e. The number of H-pyrrole nitrogens is 1. The van der Waals surface area contributed by atoms with E-state index in [4.69, 9.17) is 0 Å². The van der Waals surface area contributed by atoms with Crippen LogP contribution in [0.4, 0.5) is 5.82 Å². The SMILES string of the molecule is c1ccc(CNc2ncnc3nc(-c4ccc(-c5ccccc5)cc4)[nH]c23)cc1. The maximum Gasteiger partial charge on any atom is 0.183 e. The summed E-state index contributed by atoms with van der Waals surface area (Å²) in [5.74, 6) is 1.53. The van der Waals surface area contributed by atoms with E-state index in [0.29, 0.717) is 12.2 Å². The molecule has 5 rings (SSSR count). The number of fused-ring (bicyclic) bond motifs is 1. The first-order valence-corrected chi connectivity index (χ1v) is 9.51. The maximum absolute atomic E-state index is 4.65. The molecule has 0 aliphatic rings. The van der Waals surface area contributed by atoms with Crippen LogP contribution in [0.5, 0.6) is 0 Å². The van der Waals surface area contributed by atoms with Crippen LogP contribution in [-0.4, -0.2) is 19.9 Å². The minimum atomic E-state index is 0.651. The molecular weight excluding hydrogens is 358 g/mol. The van der Waals surface area contributed by atoms with Crippen molar-refractivity contribution in [1.29, 1.82) is 0 Å². The fourth-order valence-electron chi connectivity index (χ4n) is 3.33. The number of anilines is 1. The fraction of sp³-hybridized carbons (Fsp3) is 0.0417. The van der Waals surface area contributed by atoms with Gasteiger partial charge in [-0.3, -0.25) is 0 Å². The monoisotopic (exact) mass is 377 g/mol. The van der Waals surface area contributed by atoms with Gasteiger partial charge in [0.05, 0.1) is 0 Å². The second-order valence-corrected chi connectivity index (χ2v) is 6.79. The Morgan fingerprint density at radius 3 is 2.10 bits per heavy atom. The van der Waals surface area contributed by atoms with Crippen molar-refractivity contribution in [1.82, 2.24) is 19.9 Å². The standard InChI is InChI=1S/C24H19N5/c1-3-7-17(8-4-1)15-25-23-21-24(27-16-26-23)29-22(28-21)20-13-11-19(12-14-20)18-9-5-2-6-10-18/h1-14,16H,15H2,(H2,25,26,27,28,29). The zero-order valence-electron chi connectivity index (χ0n) is 15.7. The van der Waals surface area contributed by atoms with Crippen LogP contribution in [0.3, 0.4) is 0 Å². The Balaban J connectivity index is 1.42. The van der Waals surface area contributed by atoms with E-state index in [2.05, 4.69) is 73.8 Å². The van der Waals surface area contributed by atoms with Crippen molar-refractivity contribution in [2.24, 2.45) is 0 Å². The van der Waals surface area contributed by atoms with E-state index in [1.807, 2.05) is 36.4 Å². The molecule has 0 saturated carbocycles. The molecule has 0 atom stereocenters. The zero-order chi connectivity index (χ0) is 19.5. The molecule has 0 bridgehead atoms. The molecule has 0 fully saturated rings. The molecule has 5 heteroatoms. The summed E-state index contributed by atoms with van der Waals surface area (Å²) in [4.78, 5) is 16.7. The Kier molecular flexibility index (Phi) is 4.47. The Morgan fingerprint density at radius 2 is 1.34 bits per heavy atom. The molecule has 0 aliphatic carbocycles. The summed E-state index contributed by atoms with van der Waals surface area (Å²) < 4.78 is 0. The van der Waals surface area contributed by atoms with Crippen LogP contribution in [0.1, 0.15) is 5.56 Å². The summed E-state index contributed by atoms with van der Waals surface area (Å²) in [5, 5.41) is 3.38. The van der Waals surface area contributed by atoms with E-state index >= 15 is 0 Å². The molecule has 2 heterocycles. The number of aromatic amines is 1. The molecule has 29 heavy (non-hydrogen) atoms. The quantitative estimate of drug-likeness (QED) is 0.436. The summed E-state index contributed by atoms with van der Waals surface area (Å²) in [6.45, 7) is 0.688. The third-order valence-electron chi connectivity index (χ3n) is 4.86. The van der Waals surface area contributed by atoms with E-state index in [0.717, 1.165) is 22.7 Å². The van der Waals surface area contributed by atoms with Crippen LogP contribution in [0, 0.1) is 0 Å². The summed E-state index contributed by atoms with van der Waals surface area (Å²) in [5.41, 5.74) is 6.04. The lowest BCUT2D eigenvalue weighted by Crippen LogP contribution is -2.02. The van der Waals surface area contributed by atoms with Crippen molar-refractivity contribution >= 4 is 17.0 Å². The lowest BCUT2D eigenvalue weighted by Gasteiger charge is -2.05. The number of hydrogen-bond acceptors (Lipinski definition) is 4. The predicted molar refractivity (Wildman–Crippen MR) is 116 cm³/mol. The number of nitrogens with zero attached hydrogens (tertiary/aromatic N) is 3. The lowest BCUT2D eigenvalue weighted by molar-refractivity contribution is 1.10. The molecule has 0 radical (unpaired) electrons. The lowest BCUT2D eigenvalue weighted by atomic mass is 10.0. The molecule has 2 aromatic heterocycles. The normalized spacial score (nSPS) is 10.9. The third-order valence-corrected chi connectivity index (χ3v) is 4.86. The van der Waals surface area contributed by atoms with Crippen LogP contribution in [0.2, 0.25) is 0 Å². The van der Waals surface area contributed by atoms with Crippen molar-refractivity contribution in [2.75, 3.05) is 5.32 Å². The molecule has 0 unspecified atom stereocenters. The van der Waals surface area contributed by atoms with Crippen LogP contribution < -0.4 is 5.32 Å². The molecule has 0 spiro atoms. The van der Waals surface area contributed by atoms with Gasteiger partial charge in [0, 0.05) is 12.1 Å². The maximum atomic E-state index is 4.65. The van der Waals surface area contributed by atoms with Gasteiger partial charge in [-0.05, 0) is 16.7 Å². The predicted octanol–water partition coefficient (Wildman–Crippen LogP) is 5.30. The first-order valence-electron chi connectivity index (χ1n) is 9.51. The zero-order valence-corrected chi connectivity index (χ0v) is 15.7. The van der Waals surface area contributed by atoms with Gasteiger partial charge in [-0.25, -0.2) is 15.0 Å². The van der Waals surface area contributed by atoms with Gasteiger partial charge in [-0.15, -0.1) is 0 Å². The van der Waals surface area contributed by atoms with Crippen molar-refractivity contribution < 1.29 is 0 Å². The molecule has 5 aromatic rings. The van der Waals surface area contributed by atoms with E-state index in [9.17, 15) is 0 Å². The number of rotatable bonds is 5. The second-order valence-electron chi connectivity index (χ2n) is 6.79. The number of benzene rings is 3. The smallest absolute Gasteiger partial charge is 0.183 e. The summed E-state index contributed by atoms with van der Waals surface area (Å²) in [6, 6.07) is 28.9. The first kappa shape index (κ1) is 17.1. The average molecular weight is 377 g/mol. The second kappa shape index (κ2) is 7.56. The molecule has 5 nitrogen and oxygen atoms in total. The molecule has 0 amide bonds. The van der Waals surface area contributed by atoms with Crippen LogP contribution in [0.15, 0.2) is 91.3 Å². The molecule has 0 aliphatic heterocycles. The molecule has 0 saturated heterocycles. The minimum absolute atomic E-state index is 0.651. The molecular formula is C24H19N5. The number of imidazole rings is 1. The highest BCUT2D eigenvalue weighted by Gasteiger charge is 2.11. The number of hydrogen-bond donors (Lipinski definition) is 2. The summed E-state index contributed by atoms with van der Waals surface area (Å²) >= 11 is 0. The highest BCUT2D eigenvalue weighted by atomic mass is 15.1. The minimum Gasteiger partial charge on any atom is -0.364 e. The molecule has 140 valence electrons. The Labute approximate surface area is 168 Å². The van der Waals surface area contributed by atoms with Gasteiger partial charge in [0.25, 0.3) is 0 Å². The average Bonchev–Trinajstić information content (AvgIpc) is 3.24. The van der Waals surface area contributed by atoms with Gasteiger partial charge in [0.1, 0.15) is 17.7 Å². The fourth-order valence-corrected chi connectivity index (χ4v) is 3.33. The highest BCUT2D eigenvalue weighted by Crippen LogP contribution is 2.26. The molecule has 3 aromatic carbocycles. The topological polar surface area (TPSA) is 66.5 Å². The third kappa shape index (κ3) is 3.58. The van der Waals surface area contributed by atoms with Crippen LogP contribution in [-0.2, 0) is 6.54 Å². The van der Waals surface area contributed by atoms with E-state index < -0.39 is 0 Å². The van der Waals surface area contributed by atoms with E-state index in [-0.39, 0.29) is 0 Å². The number of aromatic nitrogens is 4. The Hall–Kier alpha value is -3.99. The van der Waals surface area contributed by atoms with Gasteiger partial charge in [-0.1, -0.05) is 84.9 Å². The van der Waals surface area contributed by atoms with Gasteiger partial charge >= 0.3 is 0 Å². The summed E-state index contributed by atoms with van der Waals surface area (Å²) in [7, 11) is 0. The van der Waals surface area contributed by atoms with Crippen molar-refractivity contribution in [3.63, 3.8) is 0 Å². The van der Waals surface area contributed by atoms with Gasteiger partial charge in [-0.2, -0.15) is 0 Å². The van der Waals surface area contributed by atoms with Crippen LogP contribution in [0.25, 0.3) is 33.7 Å². The van der Waals surface area contributed by atoms with Gasteiger partial charge in [0.15, 0.2) is 11.5 Å². The Bertz CT molecular complexity index is 1230. The highest BCUT2D eigenvalue weighted by molar-refractivity contribution is 5.85. The van der Waals surface area contributed by atoms with E-state index in [1.165, 1.54) is 16.7 Å². The summed E-state index contributed by atoms with van der Waals surface area (Å²) in [6.07, 6.45) is 1.54. The van der Waals surface area contributed by atoms with Crippen molar-refractivity contribution in [2.45, 2.75) is 6.54 Å². The first-order chi connectivity index (χ1) is 14.4. The van der Waals surface area contributed by atoms with Crippen LogP contribution >= 0.6 is 0 Å².